The van der Waals surface area contributed by atoms with E-state index in [1.807, 2.05) is 6.07 Å². The number of benzene rings is 1. The van der Waals surface area contributed by atoms with Gasteiger partial charge in [0, 0.05) is 16.9 Å². The van der Waals surface area contributed by atoms with Gasteiger partial charge in [0.1, 0.15) is 11.6 Å². The van der Waals surface area contributed by atoms with Crippen molar-refractivity contribution in [2.75, 3.05) is 0 Å². The summed E-state index contributed by atoms with van der Waals surface area (Å²) >= 11 is 12.7. The highest BCUT2D eigenvalue weighted by atomic mass is 35.5. The molecule has 0 amide bonds. The molecule has 2 nitrogen and oxygen atoms in total. The van der Waals surface area contributed by atoms with Crippen molar-refractivity contribution in [1.29, 1.82) is 0 Å². The molecule has 1 aromatic heterocycles. The standard InChI is InChI=1S/C12H10Cl2F2N2S/c13-8-5-9(15)7(4-10(8)16)11(18-17)3-6-1-2-12(14)19-6/h1-2,4-5,11,18H,3,17H2. The van der Waals surface area contributed by atoms with Gasteiger partial charge in [0.25, 0.3) is 0 Å². The zero-order chi connectivity index (χ0) is 14.0. The zero-order valence-electron chi connectivity index (χ0n) is 9.59. The van der Waals surface area contributed by atoms with Crippen LogP contribution in [0.2, 0.25) is 9.36 Å². The van der Waals surface area contributed by atoms with Crippen molar-refractivity contribution in [1.82, 2.24) is 5.43 Å². The number of nitrogens with two attached hydrogens (primary N) is 1. The third-order valence-electron chi connectivity index (χ3n) is 2.65. The van der Waals surface area contributed by atoms with E-state index in [1.165, 1.54) is 11.3 Å². The van der Waals surface area contributed by atoms with E-state index < -0.39 is 17.7 Å². The van der Waals surface area contributed by atoms with E-state index in [0.29, 0.717) is 10.8 Å². The summed E-state index contributed by atoms with van der Waals surface area (Å²) in [6.45, 7) is 0. The molecule has 7 heteroatoms. The van der Waals surface area contributed by atoms with E-state index in [2.05, 4.69) is 5.43 Å². The number of halogens is 4. The Hall–Kier alpha value is -0.720. The van der Waals surface area contributed by atoms with Crippen molar-refractivity contribution < 1.29 is 8.78 Å². The van der Waals surface area contributed by atoms with E-state index in [4.69, 9.17) is 29.0 Å². The Labute approximate surface area is 123 Å². The third kappa shape index (κ3) is 3.43. The number of thiophene rings is 1. The first-order valence-electron chi connectivity index (χ1n) is 5.36. The van der Waals surface area contributed by atoms with Crippen LogP contribution in [0.3, 0.4) is 0 Å². The lowest BCUT2D eigenvalue weighted by Gasteiger charge is -2.16. The lowest BCUT2D eigenvalue weighted by molar-refractivity contribution is 0.505. The minimum Gasteiger partial charge on any atom is -0.271 e. The summed E-state index contributed by atoms with van der Waals surface area (Å²) in [7, 11) is 0. The fourth-order valence-corrected chi connectivity index (χ4v) is 3.01. The molecule has 3 N–H and O–H groups in total. The summed E-state index contributed by atoms with van der Waals surface area (Å²) in [6, 6.07) is 5.01. The van der Waals surface area contributed by atoms with Gasteiger partial charge in [-0.05, 0) is 24.3 Å². The second-order valence-corrected chi connectivity index (χ2v) is 6.12. The minimum absolute atomic E-state index is 0.133. The molecule has 1 aromatic carbocycles. The highest BCUT2D eigenvalue weighted by molar-refractivity contribution is 7.16. The summed E-state index contributed by atoms with van der Waals surface area (Å²) in [5.41, 5.74) is 2.61. The molecule has 0 aliphatic heterocycles. The van der Waals surface area contributed by atoms with Crippen LogP contribution in [-0.4, -0.2) is 0 Å². The van der Waals surface area contributed by atoms with Gasteiger partial charge in [0.05, 0.1) is 15.4 Å². The van der Waals surface area contributed by atoms with Gasteiger partial charge >= 0.3 is 0 Å². The van der Waals surface area contributed by atoms with Gasteiger partial charge in [0.2, 0.25) is 0 Å². The Morgan fingerprint density at radius 3 is 2.53 bits per heavy atom. The molecule has 0 saturated heterocycles. The van der Waals surface area contributed by atoms with Gasteiger partial charge in [-0.15, -0.1) is 11.3 Å². The van der Waals surface area contributed by atoms with Crippen LogP contribution in [0.5, 0.6) is 0 Å². The summed E-state index contributed by atoms with van der Waals surface area (Å²) in [5.74, 6) is 4.14. The van der Waals surface area contributed by atoms with Crippen molar-refractivity contribution in [3.8, 4) is 0 Å². The van der Waals surface area contributed by atoms with Gasteiger partial charge in [0.15, 0.2) is 0 Å². The maximum atomic E-state index is 13.8. The minimum atomic E-state index is -0.678. The van der Waals surface area contributed by atoms with Crippen LogP contribution >= 0.6 is 34.5 Å². The van der Waals surface area contributed by atoms with Crippen LogP contribution in [0.25, 0.3) is 0 Å². The first-order chi connectivity index (χ1) is 9.01. The Bertz CT molecular complexity index is 589. The van der Waals surface area contributed by atoms with Gasteiger partial charge < -0.3 is 0 Å². The molecule has 1 heterocycles. The second kappa shape index (κ2) is 6.15. The Balaban J connectivity index is 2.29. The summed E-state index contributed by atoms with van der Waals surface area (Å²) < 4.78 is 27.9. The summed E-state index contributed by atoms with van der Waals surface area (Å²) in [4.78, 5) is 0.919. The quantitative estimate of drug-likeness (QED) is 0.505. The number of rotatable bonds is 4. The SMILES string of the molecule is NNC(Cc1ccc(Cl)s1)c1cc(F)c(Cl)cc1F. The van der Waals surface area contributed by atoms with Gasteiger partial charge in [-0.25, -0.2) is 8.78 Å². The molecule has 0 saturated carbocycles. The van der Waals surface area contributed by atoms with Crippen LogP contribution in [0.1, 0.15) is 16.5 Å². The highest BCUT2D eigenvalue weighted by Gasteiger charge is 2.18. The van der Waals surface area contributed by atoms with E-state index in [9.17, 15) is 8.78 Å². The van der Waals surface area contributed by atoms with Crippen LogP contribution in [0.4, 0.5) is 8.78 Å². The Morgan fingerprint density at radius 1 is 1.21 bits per heavy atom. The average molecular weight is 323 g/mol. The largest absolute Gasteiger partial charge is 0.271 e. The lowest BCUT2D eigenvalue weighted by atomic mass is 10.0. The van der Waals surface area contributed by atoms with Crippen molar-refractivity contribution in [2.45, 2.75) is 12.5 Å². The maximum absolute atomic E-state index is 13.8. The van der Waals surface area contributed by atoms with Crippen molar-refractivity contribution in [3.63, 3.8) is 0 Å². The van der Waals surface area contributed by atoms with E-state index in [-0.39, 0.29) is 10.6 Å². The molecule has 0 spiro atoms. The number of hydrogen-bond acceptors (Lipinski definition) is 3. The first-order valence-corrected chi connectivity index (χ1v) is 6.93. The molecule has 0 bridgehead atoms. The van der Waals surface area contributed by atoms with Crippen LogP contribution < -0.4 is 11.3 Å². The fourth-order valence-electron chi connectivity index (χ4n) is 1.73. The molecular formula is C12H10Cl2F2N2S. The highest BCUT2D eigenvalue weighted by Crippen LogP contribution is 2.29. The Kier molecular flexibility index (Phi) is 4.76. The summed E-state index contributed by atoms with van der Waals surface area (Å²) in [6.07, 6.45) is 0.409. The lowest BCUT2D eigenvalue weighted by Crippen LogP contribution is -2.30. The van der Waals surface area contributed by atoms with Crippen LogP contribution in [-0.2, 0) is 6.42 Å². The van der Waals surface area contributed by atoms with Crippen LogP contribution in [0, 0.1) is 11.6 Å². The number of hydrogen-bond donors (Lipinski definition) is 2. The average Bonchev–Trinajstić information content (AvgIpc) is 2.77. The van der Waals surface area contributed by atoms with E-state index in [1.54, 1.807) is 6.07 Å². The molecule has 1 unspecified atom stereocenters. The predicted octanol–water partition coefficient (Wildman–Crippen LogP) is 4.08. The molecule has 2 rings (SSSR count). The molecule has 0 aliphatic rings. The van der Waals surface area contributed by atoms with Crippen LogP contribution in [0.15, 0.2) is 24.3 Å². The smallest absolute Gasteiger partial charge is 0.142 e. The van der Waals surface area contributed by atoms with Gasteiger partial charge in [-0.1, -0.05) is 23.2 Å². The predicted molar refractivity (Wildman–Crippen MR) is 74.5 cm³/mol. The molecular weight excluding hydrogens is 313 g/mol. The Morgan fingerprint density at radius 2 is 1.95 bits per heavy atom. The van der Waals surface area contributed by atoms with Crippen molar-refractivity contribution in [3.05, 3.63) is 55.7 Å². The van der Waals surface area contributed by atoms with E-state index >= 15 is 0 Å². The van der Waals surface area contributed by atoms with Crippen molar-refractivity contribution >= 4 is 34.5 Å². The fraction of sp³-hybridized carbons (Fsp3) is 0.167. The summed E-state index contributed by atoms with van der Waals surface area (Å²) in [5, 5.41) is -0.254. The monoisotopic (exact) mass is 322 g/mol. The van der Waals surface area contributed by atoms with Crippen molar-refractivity contribution in [2.24, 2.45) is 5.84 Å². The second-order valence-electron chi connectivity index (χ2n) is 3.92. The number of hydrazine groups is 1. The molecule has 0 fully saturated rings. The molecule has 0 aliphatic carbocycles. The third-order valence-corrected chi connectivity index (χ3v) is 4.19. The van der Waals surface area contributed by atoms with Gasteiger partial charge in [-0.3, -0.25) is 11.3 Å². The van der Waals surface area contributed by atoms with Gasteiger partial charge in [-0.2, -0.15) is 0 Å². The number of nitrogens with one attached hydrogen (secondary N) is 1. The van der Waals surface area contributed by atoms with E-state index in [0.717, 1.165) is 17.0 Å². The zero-order valence-corrected chi connectivity index (χ0v) is 11.9. The maximum Gasteiger partial charge on any atom is 0.142 e. The first kappa shape index (κ1) is 14.7. The molecule has 102 valence electrons. The molecule has 0 radical (unpaired) electrons. The molecule has 2 aromatic rings. The molecule has 19 heavy (non-hydrogen) atoms. The molecule has 1 atom stereocenters. The normalized spacial score (nSPS) is 12.7. The topological polar surface area (TPSA) is 38.0 Å².